The van der Waals surface area contributed by atoms with Crippen molar-refractivity contribution < 1.29 is 14.3 Å². The third-order valence-electron chi connectivity index (χ3n) is 2.31. The summed E-state index contributed by atoms with van der Waals surface area (Å²) in [6.07, 6.45) is 2.22. The van der Waals surface area contributed by atoms with Crippen LogP contribution in [0.25, 0.3) is 6.08 Å². The van der Waals surface area contributed by atoms with Crippen molar-refractivity contribution in [3.05, 3.63) is 28.0 Å². The van der Waals surface area contributed by atoms with Gasteiger partial charge in [0.2, 0.25) is 0 Å². The summed E-state index contributed by atoms with van der Waals surface area (Å²) < 4.78 is 5.05. The summed E-state index contributed by atoms with van der Waals surface area (Å²) in [6, 6.07) is 3.91. The smallest absolute Gasteiger partial charge is 0.331 e. The summed E-state index contributed by atoms with van der Waals surface area (Å²) in [4.78, 5) is 25.5. The highest BCUT2D eigenvalue weighted by Crippen LogP contribution is 2.16. The van der Waals surface area contributed by atoms with Crippen molar-refractivity contribution in [1.82, 2.24) is 5.32 Å². The van der Waals surface area contributed by atoms with E-state index in [0.717, 1.165) is 4.88 Å². The molecule has 0 aliphatic carbocycles. The van der Waals surface area contributed by atoms with Gasteiger partial charge in [-0.15, -0.1) is 11.3 Å². The van der Waals surface area contributed by atoms with E-state index in [1.165, 1.54) is 11.0 Å². The molecule has 1 heterocycles. The van der Waals surface area contributed by atoms with Gasteiger partial charge in [-0.2, -0.15) is 0 Å². The first kappa shape index (κ1) is 16.4. The van der Waals surface area contributed by atoms with E-state index in [1.54, 1.807) is 24.3 Å². The molecule has 0 unspecified atom stereocenters. The lowest BCUT2D eigenvalue weighted by molar-refractivity contribution is -0.150. The average Bonchev–Trinajstić information content (AvgIpc) is 2.70. The zero-order chi connectivity index (χ0) is 15.3. The van der Waals surface area contributed by atoms with Crippen molar-refractivity contribution in [1.29, 1.82) is 0 Å². The molecule has 1 rings (SSSR count). The first-order valence-corrected chi connectivity index (χ1v) is 7.26. The summed E-state index contributed by atoms with van der Waals surface area (Å²) in [6.45, 7) is 9.18. The zero-order valence-corrected chi connectivity index (χ0v) is 13.3. The number of carbonyl (C=O) groups is 2. The van der Waals surface area contributed by atoms with Crippen LogP contribution in [-0.2, 0) is 14.3 Å². The summed E-state index contributed by atoms with van der Waals surface area (Å²) in [5, 5.41) is 2.76. The highest BCUT2D eigenvalue weighted by molar-refractivity contribution is 7.12. The number of hydrogen-bond donors (Lipinski definition) is 1. The Morgan fingerprint density at radius 1 is 1.35 bits per heavy atom. The molecule has 4 nitrogen and oxygen atoms in total. The minimum atomic E-state index is -0.809. The molecule has 0 spiro atoms. The molecule has 0 saturated carbocycles. The van der Waals surface area contributed by atoms with Crippen LogP contribution >= 0.6 is 11.3 Å². The Morgan fingerprint density at radius 2 is 2.00 bits per heavy atom. The second kappa shape index (κ2) is 6.70. The highest BCUT2D eigenvalue weighted by atomic mass is 32.1. The highest BCUT2D eigenvalue weighted by Gasteiger charge is 2.21. The quantitative estimate of drug-likeness (QED) is 0.686. The normalized spacial score (nSPS) is 13.2. The molecule has 0 saturated heterocycles. The van der Waals surface area contributed by atoms with Crippen LogP contribution < -0.4 is 5.32 Å². The lowest BCUT2D eigenvalue weighted by Crippen LogP contribution is -2.46. The monoisotopic (exact) mass is 295 g/mol. The fourth-order valence-electron chi connectivity index (χ4n) is 1.43. The Labute approximate surface area is 123 Å². The molecule has 0 aliphatic heterocycles. The van der Waals surface area contributed by atoms with Crippen LogP contribution in [0.15, 0.2) is 18.2 Å². The van der Waals surface area contributed by atoms with Gasteiger partial charge in [0.1, 0.15) is 0 Å². The summed E-state index contributed by atoms with van der Waals surface area (Å²) >= 11 is 1.59. The fourth-order valence-corrected chi connectivity index (χ4v) is 2.21. The average molecular weight is 295 g/mol. The number of carbonyl (C=O) groups excluding carboxylic acids is 2. The van der Waals surface area contributed by atoms with Crippen LogP contribution in [0.5, 0.6) is 0 Å². The van der Waals surface area contributed by atoms with Crippen molar-refractivity contribution >= 4 is 29.3 Å². The van der Waals surface area contributed by atoms with Gasteiger partial charge in [-0.25, -0.2) is 4.79 Å². The third kappa shape index (κ3) is 6.02. The van der Waals surface area contributed by atoms with E-state index in [1.807, 2.05) is 39.8 Å². The van der Waals surface area contributed by atoms with Crippen molar-refractivity contribution in [2.75, 3.05) is 0 Å². The summed E-state index contributed by atoms with van der Waals surface area (Å²) in [7, 11) is 0. The van der Waals surface area contributed by atoms with Gasteiger partial charge in [0, 0.05) is 21.4 Å². The molecule has 0 aliphatic rings. The molecule has 0 fully saturated rings. The number of ether oxygens (including phenoxy) is 1. The van der Waals surface area contributed by atoms with E-state index in [-0.39, 0.29) is 11.4 Å². The van der Waals surface area contributed by atoms with Gasteiger partial charge >= 0.3 is 5.97 Å². The number of rotatable bonds is 4. The molecule has 0 aromatic carbocycles. The van der Waals surface area contributed by atoms with E-state index in [4.69, 9.17) is 4.74 Å². The topological polar surface area (TPSA) is 55.4 Å². The largest absolute Gasteiger partial charge is 0.449 e. The number of esters is 1. The maximum Gasteiger partial charge on any atom is 0.331 e. The second-order valence-corrected chi connectivity index (χ2v) is 6.92. The van der Waals surface area contributed by atoms with E-state index in [9.17, 15) is 9.59 Å². The second-order valence-electron chi connectivity index (χ2n) is 5.60. The van der Waals surface area contributed by atoms with E-state index in [2.05, 4.69) is 5.32 Å². The molecule has 20 heavy (non-hydrogen) atoms. The van der Waals surface area contributed by atoms with Crippen LogP contribution in [0.1, 0.15) is 37.4 Å². The maximum atomic E-state index is 11.8. The van der Waals surface area contributed by atoms with Gasteiger partial charge < -0.3 is 10.1 Å². The summed E-state index contributed by atoms with van der Waals surface area (Å²) in [5.41, 5.74) is -0.345. The van der Waals surface area contributed by atoms with Crippen molar-refractivity contribution in [3.8, 4) is 0 Å². The lowest BCUT2D eigenvalue weighted by Gasteiger charge is -2.22. The van der Waals surface area contributed by atoms with Gasteiger partial charge in [0.05, 0.1) is 0 Å². The van der Waals surface area contributed by atoms with Crippen molar-refractivity contribution in [3.63, 3.8) is 0 Å². The number of aryl methyl sites for hydroxylation is 1. The molecular weight excluding hydrogens is 274 g/mol. The summed E-state index contributed by atoms with van der Waals surface area (Å²) in [5.74, 6) is -0.821. The van der Waals surface area contributed by atoms with E-state index >= 15 is 0 Å². The Morgan fingerprint density at radius 3 is 2.50 bits per heavy atom. The lowest BCUT2D eigenvalue weighted by atomic mass is 10.1. The fraction of sp³-hybridized carbons (Fsp3) is 0.467. The van der Waals surface area contributed by atoms with Crippen molar-refractivity contribution in [2.24, 2.45) is 0 Å². The van der Waals surface area contributed by atoms with Crippen LogP contribution in [0.2, 0.25) is 0 Å². The van der Waals surface area contributed by atoms with Gasteiger partial charge in [-0.3, -0.25) is 4.79 Å². The van der Waals surface area contributed by atoms with Gasteiger partial charge in [-0.05, 0) is 52.8 Å². The maximum absolute atomic E-state index is 11.8. The molecule has 110 valence electrons. The molecular formula is C15H21NO3S. The van der Waals surface area contributed by atoms with Crippen molar-refractivity contribution in [2.45, 2.75) is 46.3 Å². The van der Waals surface area contributed by atoms with Crippen LogP contribution in [-0.4, -0.2) is 23.5 Å². The van der Waals surface area contributed by atoms with Crippen LogP contribution in [0, 0.1) is 6.92 Å². The van der Waals surface area contributed by atoms with Gasteiger partial charge in [0.15, 0.2) is 6.10 Å². The Balaban J connectivity index is 2.49. The predicted molar refractivity (Wildman–Crippen MR) is 81.5 cm³/mol. The molecule has 5 heteroatoms. The van der Waals surface area contributed by atoms with Gasteiger partial charge in [0.25, 0.3) is 5.91 Å². The first-order valence-electron chi connectivity index (χ1n) is 6.44. The van der Waals surface area contributed by atoms with E-state index in [0.29, 0.717) is 0 Å². The van der Waals surface area contributed by atoms with E-state index < -0.39 is 12.1 Å². The Bertz CT molecular complexity index is 511. The van der Waals surface area contributed by atoms with Crippen LogP contribution in [0.3, 0.4) is 0 Å². The Kier molecular flexibility index (Phi) is 5.51. The minimum Gasteiger partial charge on any atom is -0.449 e. The molecule has 0 radical (unpaired) electrons. The molecule has 1 amide bonds. The molecule has 0 bridgehead atoms. The zero-order valence-electron chi connectivity index (χ0n) is 12.5. The Hall–Kier alpha value is -1.62. The standard InChI is InChI=1S/C15H21NO3S/c1-10-6-7-12(20-10)8-9-13(17)19-11(2)14(18)16-15(3,4)5/h6-9,11H,1-5H3,(H,16,18)/b9-8+/t11-/m0/s1. The predicted octanol–water partition coefficient (Wildman–Crippen LogP) is 2.92. The number of amides is 1. The van der Waals surface area contributed by atoms with Gasteiger partial charge in [-0.1, -0.05) is 0 Å². The molecule has 1 N–H and O–H groups in total. The SMILES string of the molecule is Cc1ccc(/C=C/C(=O)O[C@@H](C)C(=O)NC(C)(C)C)s1. The first-order chi connectivity index (χ1) is 9.17. The molecule has 1 aromatic rings. The number of nitrogens with one attached hydrogen (secondary N) is 1. The molecule has 1 atom stereocenters. The molecule has 1 aromatic heterocycles. The number of thiophene rings is 1. The number of hydrogen-bond acceptors (Lipinski definition) is 4. The minimum absolute atomic E-state index is 0.300. The van der Waals surface area contributed by atoms with Crippen LogP contribution in [0.4, 0.5) is 0 Å². The third-order valence-corrected chi connectivity index (χ3v) is 3.27.